The molecule has 0 saturated heterocycles. The first-order valence-electron chi connectivity index (χ1n) is 13.5. The van der Waals surface area contributed by atoms with Gasteiger partial charge in [-0.3, -0.25) is 50.0 Å². The van der Waals surface area contributed by atoms with Gasteiger partial charge in [0.05, 0.1) is 31.8 Å². The van der Waals surface area contributed by atoms with E-state index in [2.05, 4.69) is 0 Å². The van der Waals surface area contributed by atoms with Gasteiger partial charge in [0, 0.05) is 38.3 Å². The fourth-order valence-corrected chi connectivity index (χ4v) is 4.63. The van der Waals surface area contributed by atoms with Crippen LogP contribution in [0.2, 0.25) is 0 Å². The van der Waals surface area contributed by atoms with Crippen LogP contribution in [-0.4, -0.2) is 54.4 Å². The molecular formula is C30H24N6O10. The fraction of sp³-hybridized carbons (Fsp3) is 0.133. The Kier molecular flexibility index (Phi) is 10.0. The van der Waals surface area contributed by atoms with Crippen molar-refractivity contribution >= 4 is 34.6 Å². The van der Waals surface area contributed by atoms with Gasteiger partial charge in [0.2, 0.25) is 0 Å². The molecule has 0 aliphatic carbocycles. The topological polar surface area (TPSA) is 213 Å². The monoisotopic (exact) mass is 628 g/mol. The van der Waals surface area contributed by atoms with Crippen LogP contribution in [0.1, 0.15) is 31.8 Å². The Labute approximate surface area is 259 Å². The maximum absolute atomic E-state index is 13.8. The molecule has 0 bridgehead atoms. The highest BCUT2D eigenvalue weighted by Gasteiger charge is 2.31. The van der Waals surface area contributed by atoms with Crippen LogP contribution in [-0.2, 0) is 13.1 Å². The normalized spacial score (nSPS) is 10.5. The van der Waals surface area contributed by atoms with Crippen LogP contribution in [0.15, 0.2) is 97.1 Å². The molecule has 16 heteroatoms. The second kappa shape index (κ2) is 14.3. The van der Waals surface area contributed by atoms with Gasteiger partial charge in [-0.15, -0.1) is 0 Å². The minimum Gasteiger partial charge on any atom is -0.332 e. The number of carbonyl (C=O) groups is 2. The van der Waals surface area contributed by atoms with E-state index in [1.807, 2.05) is 0 Å². The van der Waals surface area contributed by atoms with Crippen LogP contribution in [0.3, 0.4) is 0 Å². The smallest absolute Gasteiger partial charge is 0.289 e. The summed E-state index contributed by atoms with van der Waals surface area (Å²) in [5, 5.41) is 46.1. The van der Waals surface area contributed by atoms with Gasteiger partial charge in [-0.05, 0) is 23.3 Å². The van der Waals surface area contributed by atoms with E-state index in [1.54, 1.807) is 60.7 Å². The summed E-state index contributed by atoms with van der Waals surface area (Å²) in [7, 11) is 0. The van der Waals surface area contributed by atoms with Gasteiger partial charge in [0.15, 0.2) is 0 Å². The van der Waals surface area contributed by atoms with Gasteiger partial charge < -0.3 is 9.80 Å². The summed E-state index contributed by atoms with van der Waals surface area (Å²) in [6.07, 6.45) is 0. The highest BCUT2D eigenvalue weighted by molar-refractivity contribution is 5.99. The first-order valence-corrected chi connectivity index (χ1v) is 13.5. The molecule has 16 nitrogen and oxygen atoms in total. The first kappa shape index (κ1) is 32.3. The standard InChI is InChI=1S/C30H24N6O10/c37-29(25-13-11-23(33(39)40)17-27(25)35(43)44)31(19-21-7-3-1-4-8-21)15-16-32(20-22-9-5-2-6-10-22)30(38)26-14-12-24(34(41)42)18-28(26)36(45)46/h1-14,17-18H,15-16,19-20H2. The molecule has 234 valence electrons. The molecule has 0 saturated carbocycles. The number of amides is 2. The predicted molar refractivity (Wildman–Crippen MR) is 162 cm³/mol. The summed E-state index contributed by atoms with van der Waals surface area (Å²) in [6, 6.07) is 22.5. The molecule has 4 rings (SSSR count). The Morgan fingerprint density at radius 1 is 0.500 bits per heavy atom. The molecule has 0 unspecified atom stereocenters. The third-order valence-corrected chi connectivity index (χ3v) is 6.89. The van der Waals surface area contributed by atoms with Gasteiger partial charge in [-0.1, -0.05) is 60.7 Å². The Morgan fingerprint density at radius 2 is 0.848 bits per heavy atom. The molecule has 0 fully saturated rings. The second-order valence-corrected chi connectivity index (χ2v) is 9.86. The minimum absolute atomic E-state index is 0.0706. The van der Waals surface area contributed by atoms with Crippen molar-refractivity contribution in [1.82, 2.24) is 9.80 Å². The van der Waals surface area contributed by atoms with E-state index in [-0.39, 0.29) is 26.2 Å². The summed E-state index contributed by atoms with van der Waals surface area (Å²) in [4.78, 5) is 72.7. The average Bonchev–Trinajstić information content (AvgIpc) is 3.05. The van der Waals surface area contributed by atoms with Crippen LogP contribution >= 0.6 is 0 Å². The zero-order chi connectivity index (χ0) is 33.4. The van der Waals surface area contributed by atoms with Crippen molar-refractivity contribution < 1.29 is 29.3 Å². The van der Waals surface area contributed by atoms with Crippen molar-refractivity contribution in [2.75, 3.05) is 13.1 Å². The number of carbonyl (C=O) groups excluding carboxylic acids is 2. The number of benzene rings is 4. The van der Waals surface area contributed by atoms with Gasteiger partial charge >= 0.3 is 0 Å². The van der Waals surface area contributed by atoms with Crippen molar-refractivity contribution in [3.63, 3.8) is 0 Å². The number of nitro groups is 4. The number of nitrogens with zero attached hydrogens (tertiary/aromatic N) is 6. The molecule has 0 spiro atoms. The maximum atomic E-state index is 13.8. The van der Waals surface area contributed by atoms with Gasteiger partial charge in [0.25, 0.3) is 34.6 Å². The lowest BCUT2D eigenvalue weighted by molar-refractivity contribution is -0.394. The summed E-state index contributed by atoms with van der Waals surface area (Å²) in [6.45, 7) is -0.583. The number of non-ortho nitro benzene ring substituents is 2. The van der Waals surface area contributed by atoms with Crippen molar-refractivity contribution in [3.8, 4) is 0 Å². The largest absolute Gasteiger partial charge is 0.332 e. The minimum atomic E-state index is -0.903. The van der Waals surface area contributed by atoms with E-state index < -0.39 is 65.4 Å². The Hall–Kier alpha value is -6.58. The average molecular weight is 629 g/mol. The van der Waals surface area contributed by atoms with Crippen LogP contribution in [0.5, 0.6) is 0 Å². The highest BCUT2D eigenvalue weighted by Crippen LogP contribution is 2.28. The molecule has 0 heterocycles. The summed E-state index contributed by atoms with van der Waals surface area (Å²) >= 11 is 0. The summed E-state index contributed by atoms with van der Waals surface area (Å²) < 4.78 is 0. The van der Waals surface area contributed by atoms with Crippen LogP contribution < -0.4 is 0 Å². The molecule has 2 amide bonds. The molecule has 4 aromatic carbocycles. The van der Waals surface area contributed by atoms with E-state index in [0.717, 1.165) is 24.3 Å². The van der Waals surface area contributed by atoms with Crippen LogP contribution in [0.4, 0.5) is 22.7 Å². The quantitative estimate of drug-likeness (QED) is 0.137. The molecule has 0 aliphatic heterocycles. The Balaban J connectivity index is 1.73. The number of hydrogen-bond acceptors (Lipinski definition) is 10. The van der Waals surface area contributed by atoms with Crippen molar-refractivity contribution in [2.24, 2.45) is 0 Å². The third-order valence-electron chi connectivity index (χ3n) is 6.89. The zero-order valence-corrected chi connectivity index (χ0v) is 23.8. The molecule has 0 radical (unpaired) electrons. The maximum Gasteiger partial charge on any atom is 0.289 e. The molecule has 4 aromatic rings. The molecule has 0 aromatic heterocycles. The predicted octanol–water partition coefficient (Wildman–Crippen LogP) is 5.30. The van der Waals surface area contributed by atoms with Crippen molar-refractivity contribution in [3.05, 3.63) is 160 Å². The molecule has 0 atom stereocenters. The first-order chi connectivity index (χ1) is 22.0. The second-order valence-electron chi connectivity index (χ2n) is 9.86. The lowest BCUT2D eigenvalue weighted by Crippen LogP contribution is -2.41. The third kappa shape index (κ3) is 7.67. The number of nitro benzene ring substituents is 4. The molecule has 0 N–H and O–H groups in total. The lowest BCUT2D eigenvalue weighted by Gasteiger charge is -2.28. The van der Waals surface area contributed by atoms with Gasteiger partial charge in [0.1, 0.15) is 11.1 Å². The molecule has 46 heavy (non-hydrogen) atoms. The van der Waals surface area contributed by atoms with Gasteiger partial charge in [-0.2, -0.15) is 0 Å². The number of rotatable bonds is 13. The van der Waals surface area contributed by atoms with Crippen molar-refractivity contribution in [2.45, 2.75) is 13.1 Å². The fourth-order valence-electron chi connectivity index (χ4n) is 4.63. The van der Waals surface area contributed by atoms with E-state index in [0.29, 0.717) is 23.3 Å². The van der Waals surface area contributed by atoms with E-state index in [9.17, 15) is 50.0 Å². The van der Waals surface area contributed by atoms with Crippen molar-refractivity contribution in [1.29, 1.82) is 0 Å². The summed E-state index contributed by atoms with van der Waals surface area (Å²) in [5.41, 5.74) is -2.30. The number of hydrogen-bond donors (Lipinski definition) is 0. The lowest BCUT2D eigenvalue weighted by atomic mass is 10.1. The summed E-state index contributed by atoms with van der Waals surface area (Å²) in [5.74, 6) is -1.70. The van der Waals surface area contributed by atoms with Crippen LogP contribution in [0.25, 0.3) is 0 Å². The SMILES string of the molecule is O=C(c1ccc([N+](=O)[O-])cc1[N+](=O)[O-])N(CCN(Cc1ccccc1)C(=O)c1ccc([N+](=O)[O-])cc1[N+](=O)[O-])Cc1ccccc1. The molecule has 0 aliphatic rings. The van der Waals surface area contributed by atoms with Crippen LogP contribution in [0, 0.1) is 40.5 Å². The van der Waals surface area contributed by atoms with Gasteiger partial charge in [-0.25, -0.2) is 0 Å². The zero-order valence-electron chi connectivity index (χ0n) is 23.8. The Bertz CT molecular complexity index is 1680. The van der Waals surface area contributed by atoms with E-state index in [1.165, 1.54) is 9.80 Å². The highest BCUT2D eigenvalue weighted by atomic mass is 16.6. The van der Waals surface area contributed by atoms with E-state index >= 15 is 0 Å². The molecular weight excluding hydrogens is 604 g/mol. The Morgan fingerprint density at radius 3 is 1.15 bits per heavy atom. The van der Waals surface area contributed by atoms with E-state index in [4.69, 9.17) is 0 Å².